The Morgan fingerprint density at radius 3 is 2.39 bits per heavy atom. The molecule has 0 spiro atoms. The van der Waals surface area contributed by atoms with Crippen molar-refractivity contribution in [3.05, 3.63) is 54.1 Å². The summed E-state index contributed by atoms with van der Waals surface area (Å²) in [5, 5.41) is 8.82. The summed E-state index contributed by atoms with van der Waals surface area (Å²) in [6.45, 7) is 3.62. The Hall–Kier alpha value is -3.73. The van der Waals surface area contributed by atoms with Gasteiger partial charge in [-0.05, 0) is 43.3 Å². The predicted octanol–water partition coefficient (Wildman–Crippen LogP) is 2.23. The number of amides is 1. The number of nitriles is 1. The molecular weight excluding hydrogens is 398 g/mol. The molecule has 1 aliphatic heterocycles. The Bertz CT molecular complexity index is 946. The van der Waals surface area contributed by atoms with E-state index in [0.29, 0.717) is 37.5 Å². The van der Waals surface area contributed by atoms with Gasteiger partial charge < -0.3 is 24.0 Å². The number of piperazine rings is 1. The second kappa shape index (κ2) is 10.3. The minimum atomic E-state index is -0.872. The fourth-order valence-corrected chi connectivity index (χ4v) is 3.29. The van der Waals surface area contributed by atoms with Crippen molar-refractivity contribution in [2.24, 2.45) is 0 Å². The number of carbonyl (C=O) groups excluding carboxylic acids is 2. The quantitative estimate of drug-likeness (QED) is 0.631. The monoisotopic (exact) mass is 423 g/mol. The minimum Gasteiger partial charge on any atom is -0.495 e. The molecule has 1 fully saturated rings. The molecule has 162 valence electrons. The standard InChI is InChI=1S/C23H25N3O5/c1-17(31-19-9-7-18(15-24)8-10-19)23(28)30-16-22(27)26-13-11-25(12-14-26)20-5-3-4-6-21(20)29-2/h3-10,17H,11-14,16H2,1-2H3/t17-/m0/s1. The predicted molar refractivity (Wildman–Crippen MR) is 114 cm³/mol. The van der Waals surface area contributed by atoms with Crippen LogP contribution >= 0.6 is 0 Å². The normalized spacial score (nSPS) is 14.4. The fraction of sp³-hybridized carbons (Fsp3) is 0.348. The van der Waals surface area contributed by atoms with Crippen molar-refractivity contribution >= 4 is 17.6 Å². The number of hydrogen-bond acceptors (Lipinski definition) is 7. The lowest BCUT2D eigenvalue weighted by molar-refractivity contribution is -0.157. The molecule has 1 atom stereocenters. The lowest BCUT2D eigenvalue weighted by Crippen LogP contribution is -2.50. The summed E-state index contributed by atoms with van der Waals surface area (Å²) in [5.41, 5.74) is 1.50. The number of para-hydroxylation sites is 2. The molecule has 0 saturated carbocycles. The Balaban J connectivity index is 1.44. The van der Waals surface area contributed by atoms with E-state index in [0.717, 1.165) is 11.4 Å². The van der Waals surface area contributed by atoms with E-state index in [1.807, 2.05) is 30.3 Å². The first-order chi connectivity index (χ1) is 15.0. The highest BCUT2D eigenvalue weighted by molar-refractivity contribution is 5.82. The van der Waals surface area contributed by atoms with Crippen LogP contribution in [0.5, 0.6) is 11.5 Å². The maximum atomic E-state index is 12.5. The summed E-state index contributed by atoms with van der Waals surface area (Å²) >= 11 is 0. The summed E-state index contributed by atoms with van der Waals surface area (Å²) in [5.74, 6) is 0.388. The summed E-state index contributed by atoms with van der Waals surface area (Å²) in [4.78, 5) is 28.5. The van der Waals surface area contributed by atoms with Crippen molar-refractivity contribution in [1.29, 1.82) is 5.26 Å². The van der Waals surface area contributed by atoms with Crippen LogP contribution in [-0.4, -0.2) is 62.8 Å². The SMILES string of the molecule is COc1ccccc1N1CCN(C(=O)COC(=O)[C@H](C)Oc2ccc(C#N)cc2)CC1. The molecule has 0 bridgehead atoms. The van der Waals surface area contributed by atoms with E-state index in [1.165, 1.54) is 0 Å². The zero-order chi connectivity index (χ0) is 22.2. The lowest BCUT2D eigenvalue weighted by Gasteiger charge is -2.36. The van der Waals surface area contributed by atoms with Crippen molar-refractivity contribution in [3.8, 4) is 17.6 Å². The zero-order valence-corrected chi connectivity index (χ0v) is 17.6. The van der Waals surface area contributed by atoms with E-state index in [2.05, 4.69) is 4.90 Å². The van der Waals surface area contributed by atoms with Crippen LogP contribution in [0.3, 0.4) is 0 Å². The molecule has 0 radical (unpaired) electrons. The second-order valence-electron chi connectivity index (χ2n) is 7.04. The van der Waals surface area contributed by atoms with E-state index < -0.39 is 12.1 Å². The van der Waals surface area contributed by atoms with E-state index in [-0.39, 0.29) is 12.5 Å². The topological polar surface area (TPSA) is 92.1 Å². The van der Waals surface area contributed by atoms with Gasteiger partial charge in [0.1, 0.15) is 11.5 Å². The maximum absolute atomic E-state index is 12.5. The smallest absolute Gasteiger partial charge is 0.347 e. The van der Waals surface area contributed by atoms with Gasteiger partial charge in [0.25, 0.3) is 5.91 Å². The van der Waals surface area contributed by atoms with Crippen LogP contribution in [0, 0.1) is 11.3 Å². The summed E-state index contributed by atoms with van der Waals surface area (Å²) in [6, 6.07) is 16.2. The van der Waals surface area contributed by atoms with Gasteiger partial charge in [-0.15, -0.1) is 0 Å². The molecule has 3 rings (SSSR count). The fourth-order valence-electron chi connectivity index (χ4n) is 3.29. The first-order valence-electron chi connectivity index (χ1n) is 10.0. The van der Waals surface area contributed by atoms with Crippen molar-refractivity contribution in [3.63, 3.8) is 0 Å². The van der Waals surface area contributed by atoms with Gasteiger partial charge in [0.05, 0.1) is 24.4 Å². The van der Waals surface area contributed by atoms with Crippen molar-refractivity contribution in [1.82, 2.24) is 4.90 Å². The number of ether oxygens (including phenoxy) is 3. The number of rotatable bonds is 7. The van der Waals surface area contributed by atoms with Crippen LogP contribution in [0.25, 0.3) is 0 Å². The Kier molecular flexibility index (Phi) is 7.33. The van der Waals surface area contributed by atoms with E-state index in [4.69, 9.17) is 19.5 Å². The number of esters is 1. The van der Waals surface area contributed by atoms with Crippen molar-refractivity contribution in [2.45, 2.75) is 13.0 Å². The molecule has 1 saturated heterocycles. The number of benzene rings is 2. The van der Waals surface area contributed by atoms with Crippen LogP contribution in [-0.2, 0) is 14.3 Å². The average molecular weight is 423 g/mol. The number of anilines is 1. The van der Waals surface area contributed by atoms with Crippen molar-refractivity contribution < 1.29 is 23.8 Å². The van der Waals surface area contributed by atoms with Gasteiger partial charge in [-0.3, -0.25) is 4.79 Å². The Labute approximate surface area is 181 Å². The number of carbonyl (C=O) groups is 2. The summed E-state index contributed by atoms with van der Waals surface area (Å²) < 4.78 is 16.1. The van der Waals surface area contributed by atoms with Gasteiger partial charge in [0.2, 0.25) is 0 Å². The molecule has 0 aromatic heterocycles. The molecule has 1 aliphatic rings. The van der Waals surface area contributed by atoms with E-state index >= 15 is 0 Å². The second-order valence-corrected chi connectivity index (χ2v) is 7.04. The number of nitrogens with zero attached hydrogens (tertiary/aromatic N) is 3. The minimum absolute atomic E-state index is 0.237. The molecule has 8 heteroatoms. The molecule has 2 aromatic rings. The van der Waals surface area contributed by atoms with Gasteiger partial charge in [-0.25, -0.2) is 4.79 Å². The highest BCUT2D eigenvalue weighted by Gasteiger charge is 2.25. The van der Waals surface area contributed by atoms with Gasteiger partial charge in [0, 0.05) is 26.2 Å². The molecule has 1 amide bonds. The Morgan fingerprint density at radius 2 is 1.74 bits per heavy atom. The third-order valence-corrected chi connectivity index (χ3v) is 5.02. The van der Waals surface area contributed by atoms with Gasteiger partial charge in [0.15, 0.2) is 12.7 Å². The van der Waals surface area contributed by atoms with Crippen LogP contribution < -0.4 is 14.4 Å². The first-order valence-corrected chi connectivity index (χ1v) is 10.0. The maximum Gasteiger partial charge on any atom is 0.347 e. The third-order valence-electron chi connectivity index (χ3n) is 5.02. The first kappa shape index (κ1) is 22.0. The number of methoxy groups -OCH3 is 1. The molecule has 1 heterocycles. The van der Waals surface area contributed by atoms with Gasteiger partial charge in [-0.2, -0.15) is 5.26 Å². The zero-order valence-electron chi connectivity index (χ0n) is 17.6. The molecule has 2 aromatic carbocycles. The number of hydrogen-bond donors (Lipinski definition) is 0. The van der Waals surface area contributed by atoms with Gasteiger partial charge in [-0.1, -0.05) is 12.1 Å². The molecule has 0 N–H and O–H groups in total. The third kappa shape index (κ3) is 5.66. The van der Waals surface area contributed by atoms with Crippen LogP contribution in [0.2, 0.25) is 0 Å². The highest BCUT2D eigenvalue weighted by atomic mass is 16.6. The van der Waals surface area contributed by atoms with E-state index in [1.54, 1.807) is 43.2 Å². The lowest BCUT2D eigenvalue weighted by atomic mass is 10.2. The molecule has 0 aliphatic carbocycles. The van der Waals surface area contributed by atoms with Crippen LogP contribution in [0.1, 0.15) is 12.5 Å². The molecule has 31 heavy (non-hydrogen) atoms. The average Bonchev–Trinajstić information content (AvgIpc) is 2.82. The summed E-state index contributed by atoms with van der Waals surface area (Å²) in [7, 11) is 1.64. The largest absolute Gasteiger partial charge is 0.495 e. The molecule has 8 nitrogen and oxygen atoms in total. The molecule has 0 unspecified atom stereocenters. The molecular formula is C23H25N3O5. The van der Waals surface area contributed by atoms with E-state index in [9.17, 15) is 9.59 Å². The Morgan fingerprint density at radius 1 is 1.06 bits per heavy atom. The highest BCUT2D eigenvalue weighted by Crippen LogP contribution is 2.28. The van der Waals surface area contributed by atoms with Gasteiger partial charge >= 0.3 is 5.97 Å². The van der Waals surface area contributed by atoms with Crippen LogP contribution in [0.4, 0.5) is 5.69 Å². The summed E-state index contributed by atoms with van der Waals surface area (Å²) in [6.07, 6.45) is -0.872. The van der Waals surface area contributed by atoms with Crippen molar-refractivity contribution in [2.75, 3.05) is 44.8 Å². The van der Waals surface area contributed by atoms with Crippen LogP contribution in [0.15, 0.2) is 48.5 Å².